The molecular formula is C7H14NS. The summed E-state index contributed by atoms with van der Waals surface area (Å²) in [6.45, 7) is 5.41. The molecule has 0 rings (SSSR count). The van der Waals surface area contributed by atoms with Crippen molar-refractivity contribution in [3.05, 3.63) is 0 Å². The van der Waals surface area contributed by atoms with Crippen molar-refractivity contribution in [2.24, 2.45) is 5.92 Å². The summed E-state index contributed by atoms with van der Waals surface area (Å²) in [4.78, 5) is 0. The van der Waals surface area contributed by atoms with E-state index in [1.54, 1.807) is 0 Å². The topological polar surface area (TPSA) is 12.0 Å². The maximum absolute atomic E-state index is 4.48. The summed E-state index contributed by atoms with van der Waals surface area (Å²) >= 11 is 4.48. The predicted molar refractivity (Wildman–Crippen MR) is 44.7 cm³/mol. The summed E-state index contributed by atoms with van der Waals surface area (Å²) in [6.07, 6.45) is 2.44. The van der Waals surface area contributed by atoms with Gasteiger partial charge in [0.1, 0.15) is 5.49 Å². The molecule has 0 heterocycles. The van der Waals surface area contributed by atoms with Crippen molar-refractivity contribution in [2.75, 3.05) is 6.54 Å². The summed E-state index contributed by atoms with van der Waals surface area (Å²) in [7, 11) is 0. The molecule has 0 amide bonds. The quantitative estimate of drug-likeness (QED) is 0.359. The first-order valence-electron chi connectivity index (χ1n) is 3.41. The Balaban J connectivity index is 2.96. The van der Waals surface area contributed by atoms with Gasteiger partial charge in [-0.15, -0.1) is 0 Å². The largest absolute Gasteiger partial charge is 0.374 e. The van der Waals surface area contributed by atoms with Crippen LogP contribution in [0, 0.1) is 5.92 Å². The van der Waals surface area contributed by atoms with Gasteiger partial charge in [-0.3, -0.25) is 0 Å². The minimum Gasteiger partial charge on any atom is -0.374 e. The Hall–Kier alpha value is -0.110. The Morgan fingerprint density at radius 2 is 2.33 bits per heavy atom. The Morgan fingerprint density at radius 3 is 2.78 bits per heavy atom. The lowest BCUT2D eigenvalue weighted by molar-refractivity contribution is 0.514. The lowest BCUT2D eigenvalue weighted by Crippen LogP contribution is -2.13. The van der Waals surface area contributed by atoms with Crippen LogP contribution in [-0.4, -0.2) is 12.0 Å². The standard InChI is InChI=1S/C7H14NS/c1-3-7(2)4-5-8-6-9/h7H,3-5H2,1-2H3,(H,8,9). The van der Waals surface area contributed by atoms with Crippen LogP contribution in [0.25, 0.3) is 0 Å². The van der Waals surface area contributed by atoms with Gasteiger partial charge in [-0.05, 0) is 12.3 Å². The van der Waals surface area contributed by atoms with Gasteiger partial charge < -0.3 is 5.32 Å². The molecule has 2 heteroatoms. The fourth-order valence-electron chi connectivity index (χ4n) is 0.574. The fourth-order valence-corrected chi connectivity index (χ4v) is 0.676. The van der Waals surface area contributed by atoms with Crippen molar-refractivity contribution in [3.63, 3.8) is 0 Å². The first-order valence-corrected chi connectivity index (χ1v) is 3.82. The van der Waals surface area contributed by atoms with Crippen LogP contribution in [0.4, 0.5) is 0 Å². The number of rotatable bonds is 5. The third kappa shape index (κ3) is 5.77. The van der Waals surface area contributed by atoms with Gasteiger partial charge >= 0.3 is 0 Å². The van der Waals surface area contributed by atoms with Crippen LogP contribution in [0.5, 0.6) is 0 Å². The average molecular weight is 144 g/mol. The highest BCUT2D eigenvalue weighted by atomic mass is 32.1. The zero-order valence-corrected chi connectivity index (χ0v) is 6.92. The highest BCUT2D eigenvalue weighted by molar-refractivity contribution is 7.78. The Bertz CT molecular complexity index is 73.3. The van der Waals surface area contributed by atoms with Crippen LogP contribution < -0.4 is 5.32 Å². The Kier molecular flexibility index (Phi) is 5.94. The van der Waals surface area contributed by atoms with Gasteiger partial charge in [0.25, 0.3) is 0 Å². The number of hydrogen-bond acceptors (Lipinski definition) is 1. The highest BCUT2D eigenvalue weighted by Crippen LogP contribution is 2.03. The van der Waals surface area contributed by atoms with E-state index < -0.39 is 0 Å². The van der Waals surface area contributed by atoms with Crippen LogP contribution in [0.3, 0.4) is 0 Å². The molecule has 1 unspecified atom stereocenters. The van der Waals surface area contributed by atoms with Crippen LogP contribution in [0.2, 0.25) is 0 Å². The fraction of sp³-hybridized carbons (Fsp3) is 0.857. The molecule has 0 aliphatic carbocycles. The van der Waals surface area contributed by atoms with Gasteiger partial charge in [-0.25, -0.2) is 0 Å². The molecule has 0 aliphatic heterocycles. The van der Waals surface area contributed by atoms with Crippen molar-refractivity contribution in [1.82, 2.24) is 5.32 Å². The van der Waals surface area contributed by atoms with E-state index in [0.29, 0.717) is 0 Å². The van der Waals surface area contributed by atoms with Crippen molar-refractivity contribution < 1.29 is 0 Å². The van der Waals surface area contributed by atoms with Gasteiger partial charge in [-0.1, -0.05) is 32.5 Å². The Labute approximate surface area is 62.8 Å². The van der Waals surface area contributed by atoms with Crippen LogP contribution in [0.15, 0.2) is 0 Å². The molecule has 1 N–H and O–H groups in total. The molecule has 0 saturated carbocycles. The van der Waals surface area contributed by atoms with Crippen molar-refractivity contribution in [2.45, 2.75) is 26.7 Å². The van der Waals surface area contributed by atoms with Gasteiger partial charge in [0.15, 0.2) is 0 Å². The summed E-state index contributed by atoms with van der Waals surface area (Å²) < 4.78 is 0. The monoisotopic (exact) mass is 144 g/mol. The summed E-state index contributed by atoms with van der Waals surface area (Å²) in [5, 5.41) is 2.88. The second kappa shape index (κ2) is 6.02. The summed E-state index contributed by atoms with van der Waals surface area (Å²) in [6, 6.07) is 0. The van der Waals surface area contributed by atoms with Crippen LogP contribution >= 0.6 is 12.2 Å². The minimum atomic E-state index is 0.806. The zero-order valence-electron chi connectivity index (χ0n) is 6.11. The van der Waals surface area contributed by atoms with E-state index in [1.165, 1.54) is 12.8 Å². The van der Waals surface area contributed by atoms with Crippen molar-refractivity contribution in [3.8, 4) is 0 Å². The van der Waals surface area contributed by atoms with Crippen molar-refractivity contribution in [1.29, 1.82) is 0 Å². The molecule has 0 spiro atoms. The minimum absolute atomic E-state index is 0.806. The Morgan fingerprint density at radius 1 is 1.67 bits per heavy atom. The molecule has 0 aliphatic rings. The van der Waals surface area contributed by atoms with Gasteiger partial charge in [0.2, 0.25) is 0 Å². The lowest BCUT2D eigenvalue weighted by Gasteiger charge is -2.05. The molecule has 0 aromatic carbocycles. The van der Waals surface area contributed by atoms with E-state index in [1.807, 2.05) is 0 Å². The van der Waals surface area contributed by atoms with E-state index >= 15 is 0 Å². The average Bonchev–Trinajstić information content (AvgIpc) is 1.89. The molecule has 1 nitrogen and oxygen atoms in total. The molecule has 0 aromatic rings. The van der Waals surface area contributed by atoms with Crippen LogP contribution in [0.1, 0.15) is 26.7 Å². The number of nitrogens with one attached hydrogen (secondary N) is 1. The molecule has 0 aromatic heterocycles. The van der Waals surface area contributed by atoms with Crippen molar-refractivity contribution >= 4 is 17.7 Å². The zero-order chi connectivity index (χ0) is 7.11. The number of thiocarbonyl (C=S) groups is 1. The third-order valence-electron chi connectivity index (χ3n) is 1.53. The normalized spacial score (nSPS) is 12.7. The van der Waals surface area contributed by atoms with E-state index in [4.69, 9.17) is 0 Å². The van der Waals surface area contributed by atoms with E-state index in [2.05, 4.69) is 36.9 Å². The van der Waals surface area contributed by atoms with Gasteiger partial charge in [0.05, 0.1) is 0 Å². The first-order chi connectivity index (χ1) is 4.31. The first kappa shape index (κ1) is 8.89. The molecule has 1 atom stereocenters. The van der Waals surface area contributed by atoms with Gasteiger partial charge in [0, 0.05) is 6.54 Å². The van der Waals surface area contributed by atoms with E-state index in [0.717, 1.165) is 12.5 Å². The van der Waals surface area contributed by atoms with Crippen LogP contribution in [-0.2, 0) is 0 Å². The molecule has 0 fully saturated rings. The molecule has 9 heavy (non-hydrogen) atoms. The van der Waals surface area contributed by atoms with Gasteiger partial charge in [-0.2, -0.15) is 0 Å². The molecule has 53 valence electrons. The molecule has 0 bridgehead atoms. The maximum Gasteiger partial charge on any atom is 0.134 e. The SMILES string of the molecule is CCC(C)CCN[C]=S. The highest BCUT2D eigenvalue weighted by Gasteiger charge is 1.95. The smallest absolute Gasteiger partial charge is 0.134 e. The summed E-state index contributed by atoms with van der Waals surface area (Å²) in [5.41, 5.74) is 2.48. The molecular weight excluding hydrogens is 130 g/mol. The molecule has 1 radical (unpaired) electrons. The lowest BCUT2D eigenvalue weighted by atomic mass is 10.1. The number of hydrogen-bond donors (Lipinski definition) is 1. The van der Waals surface area contributed by atoms with E-state index in [9.17, 15) is 0 Å². The predicted octanol–water partition coefficient (Wildman–Crippen LogP) is 1.85. The third-order valence-corrected chi connectivity index (χ3v) is 1.68. The second-order valence-electron chi connectivity index (χ2n) is 2.33. The molecule has 0 saturated heterocycles. The maximum atomic E-state index is 4.48. The summed E-state index contributed by atoms with van der Waals surface area (Å²) in [5.74, 6) is 0.806. The van der Waals surface area contributed by atoms with E-state index in [-0.39, 0.29) is 0 Å². The second-order valence-corrected chi connectivity index (χ2v) is 2.54.